The fourth-order valence-electron chi connectivity index (χ4n) is 4.95. The molecule has 1 amide bonds. The summed E-state index contributed by atoms with van der Waals surface area (Å²) in [6, 6.07) is 6.09. The zero-order valence-electron chi connectivity index (χ0n) is 17.3. The number of likely N-dealkylation sites (tertiary alicyclic amines) is 2. The maximum atomic E-state index is 12.5. The predicted octanol–water partition coefficient (Wildman–Crippen LogP) is 3.11. The van der Waals surface area contributed by atoms with Crippen molar-refractivity contribution in [1.29, 1.82) is 0 Å². The van der Waals surface area contributed by atoms with Crippen LogP contribution in [0.15, 0.2) is 24.3 Å². The van der Waals surface area contributed by atoms with Gasteiger partial charge in [-0.25, -0.2) is 0 Å². The summed E-state index contributed by atoms with van der Waals surface area (Å²) < 4.78 is 41.0. The van der Waals surface area contributed by atoms with Crippen molar-refractivity contribution >= 4 is 5.91 Å². The van der Waals surface area contributed by atoms with Crippen LogP contribution in [0.25, 0.3) is 0 Å². The van der Waals surface area contributed by atoms with Crippen molar-refractivity contribution in [3.63, 3.8) is 0 Å². The Hall–Kier alpha value is -1.80. The van der Waals surface area contributed by atoms with Crippen LogP contribution in [0.2, 0.25) is 0 Å². The first kappa shape index (κ1) is 21.4. The number of halogens is 3. The van der Waals surface area contributed by atoms with E-state index in [2.05, 4.69) is 21.9 Å². The Balaban J connectivity index is 1.14. The third-order valence-corrected chi connectivity index (χ3v) is 6.78. The van der Waals surface area contributed by atoms with Crippen LogP contribution in [0, 0.1) is 23.7 Å². The summed E-state index contributed by atoms with van der Waals surface area (Å²) in [5, 5.41) is 3.36. The van der Waals surface area contributed by atoms with Crippen molar-refractivity contribution in [1.82, 2.24) is 15.1 Å². The zero-order valence-corrected chi connectivity index (χ0v) is 17.3. The highest BCUT2D eigenvalue weighted by Crippen LogP contribution is 2.51. The molecule has 1 N–H and O–H groups in total. The summed E-state index contributed by atoms with van der Waals surface area (Å²) in [6.45, 7) is 7.88. The lowest BCUT2D eigenvalue weighted by atomic mass is 9.99. The Labute approximate surface area is 175 Å². The number of rotatable bonds is 7. The number of carbonyl (C=O) groups is 1. The molecule has 2 atom stereocenters. The molecule has 4 rings (SSSR count). The molecule has 2 heterocycles. The van der Waals surface area contributed by atoms with Gasteiger partial charge in [-0.3, -0.25) is 9.69 Å². The largest absolute Gasteiger partial charge is 0.573 e. The number of carbonyl (C=O) groups excluding carboxylic acids is 1. The molecule has 2 saturated heterocycles. The molecule has 2 aliphatic heterocycles. The number of hydrogen-bond donors (Lipinski definition) is 1. The van der Waals surface area contributed by atoms with Gasteiger partial charge in [0.2, 0.25) is 5.91 Å². The number of benzene rings is 1. The third kappa shape index (κ3) is 5.46. The highest BCUT2D eigenvalue weighted by Gasteiger charge is 2.55. The molecule has 1 aliphatic carbocycles. The van der Waals surface area contributed by atoms with Crippen LogP contribution in [0.4, 0.5) is 13.2 Å². The van der Waals surface area contributed by atoms with E-state index in [1.54, 1.807) is 12.1 Å². The second kappa shape index (κ2) is 8.75. The lowest BCUT2D eigenvalue weighted by Gasteiger charge is -2.32. The van der Waals surface area contributed by atoms with E-state index < -0.39 is 6.36 Å². The highest BCUT2D eigenvalue weighted by atomic mass is 19.4. The van der Waals surface area contributed by atoms with Gasteiger partial charge in [0.25, 0.3) is 0 Å². The summed E-state index contributed by atoms with van der Waals surface area (Å²) in [5.41, 5.74) is 0.769. The van der Waals surface area contributed by atoms with E-state index in [0.29, 0.717) is 30.8 Å². The minimum atomic E-state index is -4.67. The van der Waals surface area contributed by atoms with Crippen molar-refractivity contribution in [3.05, 3.63) is 29.8 Å². The standard InChI is InChI=1S/C22H30F3N3O2/c1-15-5-7-28(8-6-15)21(29)14-27-12-19-18(20(19)13-27)11-26-10-16-3-2-4-17(9-16)30-22(23,24)25/h2-4,9,15,18-20,26H,5-8,10-14H2,1H3. The molecule has 5 nitrogen and oxygen atoms in total. The average Bonchev–Trinajstić information content (AvgIpc) is 3.12. The zero-order chi connectivity index (χ0) is 21.3. The van der Waals surface area contributed by atoms with E-state index >= 15 is 0 Å². The number of ether oxygens (including phenoxy) is 1. The molecular formula is C22H30F3N3O2. The van der Waals surface area contributed by atoms with Gasteiger partial charge in [0.1, 0.15) is 5.75 Å². The highest BCUT2D eigenvalue weighted by molar-refractivity contribution is 5.78. The van der Waals surface area contributed by atoms with E-state index in [1.165, 1.54) is 12.1 Å². The number of amides is 1. The van der Waals surface area contributed by atoms with Crippen molar-refractivity contribution in [2.45, 2.75) is 32.7 Å². The van der Waals surface area contributed by atoms with Gasteiger partial charge in [0.15, 0.2) is 0 Å². The van der Waals surface area contributed by atoms with Gasteiger partial charge in [-0.2, -0.15) is 0 Å². The van der Waals surface area contributed by atoms with Gasteiger partial charge in [-0.05, 0) is 60.8 Å². The van der Waals surface area contributed by atoms with Gasteiger partial charge in [0, 0.05) is 32.7 Å². The Morgan fingerprint density at radius 3 is 2.57 bits per heavy atom. The molecule has 0 radical (unpaired) electrons. The van der Waals surface area contributed by atoms with Crippen molar-refractivity contribution < 1.29 is 22.7 Å². The molecule has 0 bridgehead atoms. The molecule has 166 valence electrons. The molecule has 1 aromatic carbocycles. The SMILES string of the molecule is CC1CCN(C(=O)CN2CC3C(CNCc4cccc(OC(F)(F)F)c4)C3C2)CC1. The van der Waals surface area contributed by atoms with Crippen LogP contribution in [0.5, 0.6) is 5.75 Å². The number of hydrogen-bond acceptors (Lipinski definition) is 4. The van der Waals surface area contributed by atoms with Crippen LogP contribution in [0.1, 0.15) is 25.3 Å². The molecule has 30 heavy (non-hydrogen) atoms. The number of nitrogens with one attached hydrogen (secondary N) is 1. The van der Waals surface area contributed by atoms with Gasteiger partial charge < -0.3 is 15.0 Å². The van der Waals surface area contributed by atoms with Crippen LogP contribution < -0.4 is 10.1 Å². The quantitative estimate of drug-likeness (QED) is 0.729. The monoisotopic (exact) mass is 425 g/mol. The molecule has 8 heteroatoms. The first-order valence-electron chi connectivity index (χ1n) is 10.8. The minimum absolute atomic E-state index is 0.187. The molecule has 2 unspecified atom stereocenters. The first-order valence-corrected chi connectivity index (χ1v) is 10.8. The Morgan fingerprint density at radius 2 is 1.90 bits per heavy atom. The van der Waals surface area contributed by atoms with E-state index in [4.69, 9.17) is 0 Å². The Bertz CT molecular complexity index is 737. The normalized spacial score (nSPS) is 27.2. The summed E-state index contributed by atoms with van der Waals surface area (Å²) in [5.74, 6) is 2.66. The molecule has 3 fully saturated rings. The topological polar surface area (TPSA) is 44.8 Å². The molecule has 1 saturated carbocycles. The molecule has 3 aliphatic rings. The summed E-state index contributed by atoms with van der Waals surface area (Å²) in [6.07, 6.45) is -2.46. The van der Waals surface area contributed by atoms with Crippen LogP contribution in [-0.4, -0.2) is 61.3 Å². The summed E-state index contributed by atoms with van der Waals surface area (Å²) >= 11 is 0. The van der Waals surface area contributed by atoms with E-state index in [0.717, 1.165) is 57.0 Å². The summed E-state index contributed by atoms with van der Waals surface area (Å²) in [7, 11) is 0. The molecular weight excluding hydrogens is 395 g/mol. The number of alkyl halides is 3. The third-order valence-electron chi connectivity index (χ3n) is 6.78. The fourth-order valence-corrected chi connectivity index (χ4v) is 4.95. The maximum Gasteiger partial charge on any atom is 0.573 e. The second-order valence-electron chi connectivity index (χ2n) is 9.08. The van der Waals surface area contributed by atoms with Gasteiger partial charge in [0.05, 0.1) is 6.54 Å². The molecule has 1 aromatic rings. The Morgan fingerprint density at radius 1 is 1.20 bits per heavy atom. The average molecular weight is 425 g/mol. The van der Waals surface area contributed by atoms with Crippen LogP contribution in [0.3, 0.4) is 0 Å². The molecule has 0 spiro atoms. The first-order chi connectivity index (χ1) is 14.3. The lowest BCUT2D eigenvalue weighted by molar-refractivity contribution is -0.274. The predicted molar refractivity (Wildman–Crippen MR) is 107 cm³/mol. The number of fused-ring (bicyclic) bond motifs is 1. The van der Waals surface area contributed by atoms with Crippen LogP contribution in [-0.2, 0) is 11.3 Å². The fraction of sp³-hybridized carbons (Fsp3) is 0.682. The maximum absolute atomic E-state index is 12.5. The lowest BCUT2D eigenvalue weighted by Crippen LogP contribution is -2.44. The van der Waals surface area contributed by atoms with Gasteiger partial charge in [-0.1, -0.05) is 19.1 Å². The Kier molecular flexibility index (Phi) is 6.25. The number of nitrogens with zero attached hydrogens (tertiary/aromatic N) is 2. The van der Waals surface area contributed by atoms with Crippen molar-refractivity contribution in [3.8, 4) is 5.75 Å². The van der Waals surface area contributed by atoms with E-state index in [9.17, 15) is 18.0 Å². The van der Waals surface area contributed by atoms with Crippen LogP contribution >= 0.6 is 0 Å². The minimum Gasteiger partial charge on any atom is -0.406 e. The molecule has 0 aromatic heterocycles. The van der Waals surface area contributed by atoms with E-state index in [-0.39, 0.29) is 11.7 Å². The number of piperidine rings is 2. The van der Waals surface area contributed by atoms with E-state index in [1.807, 2.05) is 4.90 Å². The van der Waals surface area contributed by atoms with Gasteiger partial charge in [-0.15, -0.1) is 13.2 Å². The van der Waals surface area contributed by atoms with Crippen molar-refractivity contribution in [2.75, 3.05) is 39.3 Å². The van der Waals surface area contributed by atoms with Gasteiger partial charge >= 0.3 is 6.36 Å². The smallest absolute Gasteiger partial charge is 0.406 e. The van der Waals surface area contributed by atoms with Crippen molar-refractivity contribution in [2.24, 2.45) is 23.7 Å². The second-order valence-corrected chi connectivity index (χ2v) is 9.08. The summed E-state index contributed by atoms with van der Waals surface area (Å²) in [4.78, 5) is 16.8.